The molecule has 0 bridgehead atoms. The molecule has 0 aliphatic carbocycles. The Bertz CT molecular complexity index is 1030. The summed E-state index contributed by atoms with van der Waals surface area (Å²) in [6.07, 6.45) is 3.91. The third kappa shape index (κ3) is 3.83. The maximum atomic E-state index is 13.1. The minimum atomic E-state index is -0.345. The van der Waals surface area contributed by atoms with Gasteiger partial charge in [-0.3, -0.25) is 14.6 Å². The number of benzene rings is 1. The Labute approximate surface area is 180 Å². The molecule has 0 saturated carbocycles. The Morgan fingerprint density at radius 3 is 2.97 bits per heavy atom. The van der Waals surface area contributed by atoms with Gasteiger partial charge in [0.1, 0.15) is 6.10 Å². The number of ether oxygens (including phenoxy) is 3. The fraction of sp³-hybridized carbons (Fsp3) is 0.435. The van der Waals surface area contributed by atoms with Crippen LogP contribution in [0.15, 0.2) is 24.4 Å². The summed E-state index contributed by atoms with van der Waals surface area (Å²) in [7, 11) is 0. The van der Waals surface area contributed by atoms with Crippen LogP contribution in [-0.2, 0) is 29.0 Å². The van der Waals surface area contributed by atoms with E-state index < -0.39 is 0 Å². The molecule has 3 aliphatic heterocycles. The van der Waals surface area contributed by atoms with Crippen molar-refractivity contribution in [3.8, 4) is 11.5 Å². The van der Waals surface area contributed by atoms with Gasteiger partial charge in [0.2, 0.25) is 12.7 Å². The number of hydrogen-bond donors (Lipinski definition) is 1. The van der Waals surface area contributed by atoms with Crippen molar-refractivity contribution < 1.29 is 23.8 Å². The van der Waals surface area contributed by atoms with Crippen molar-refractivity contribution in [2.45, 2.75) is 45.4 Å². The van der Waals surface area contributed by atoms with Gasteiger partial charge in [0.15, 0.2) is 11.5 Å². The third-order valence-electron chi connectivity index (χ3n) is 6.16. The highest BCUT2D eigenvalue weighted by atomic mass is 16.7. The molecule has 1 aromatic carbocycles. The second-order valence-electron chi connectivity index (χ2n) is 8.09. The average Bonchev–Trinajstić information content (AvgIpc) is 3.49. The van der Waals surface area contributed by atoms with E-state index in [2.05, 4.69) is 10.3 Å². The van der Waals surface area contributed by atoms with Gasteiger partial charge in [-0.2, -0.15) is 0 Å². The number of hydrogen-bond acceptors (Lipinski definition) is 6. The van der Waals surface area contributed by atoms with E-state index in [0.717, 1.165) is 36.1 Å². The van der Waals surface area contributed by atoms with Crippen molar-refractivity contribution >= 4 is 11.8 Å². The molecule has 5 rings (SSSR count). The number of amides is 2. The monoisotopic (exact) mass is 423 g/mol. The summed E-state index contributed by atoms with van der Waals surface area (Å²) < 4.78 is 16.2. The lowest BCUT2D eigenvalue weighted by atomic mass is 9.94. The molecule has 162 valence electrons. The Balaban J connectivity index is 1.30. The largest absolute Gasteiger partial charge is 0.454 e. The van der Waals surface area contributed by atoms with Gasteiger partial charge in [-0.25, -0.2) is 0 Å². The molecule has 4 heterocycles. The van der Waals surface area contributed by atoms with Crippen LogP contribution < -0.4 is 14.8 Å². The van der Waals surface area contributed by atoms with Crippen LogP contribution in [0.2, 0.25) is 0 Å². The molecule has 0 spiro atoms. The van der Waals surface area contributed by atoms with Gasteiger partial charge in [0.25, 0.3) is 5.91 Å². The number of fused-ring (bicyclic) bond motifs is 2. The van der Waals surface area contributed by atoms with E-state index in [9.17, 15) is 9.59 Å². The first-order valence-electron chi connectivity index (χ1n) is 10.6. The predicted octanol–water partition coefficient (Wildman–Crippen LogP) is 2.11. The lowest BCUT2D eigenvalue weighted by Crippen LogP contribution is -2.38. The van der Waals surface area contributed by atoms with E-state index in [1.807, 2.05) is 18.0 Å². The molecule has 1 unspecified atom stereocenters. The number of nitrogens with one attached hydrogen (secondary N) is 1. The minimum absolute atomic E-state index is 0.0437. The lowest BCUT2D eigenvalue weighted by molar-refractivity contribution is -0.130. The number of aryl methyl sites for hydroxylation is 1. The van der Waals surface area contributed by atoms with E-state index in [-0.39, 0.29) is 24.7 Å². The number of pyridine rings is 1. The molecule has 31 heavy (non-hydrogen) atoms. The quantitative estimate of drug-likeness (QED) is 0.810. The molecule has 2 aromatic rings. The standard InChI is InChI=1S/C23H25N3O5/c1-14-18(11-25-22(27)20-3-2-8-29-20)17-6-7-26(12-16(17)10-24-14)23(28)15-4-5-19-21(9-15)31-13-30-19/h4-5,9-10,20H,2-3,6-8,11-13H2,1H3,(H,25,27). The first-order valence-corrected chi connectivity index (χ1v) is 10.6. The van der Waals surface area contributed by atoms with Gasteiger partial charge in [-0.15, -0.1) is 0 Å². The van der Waals surface area contributed by atoms with Gasteiger partial charge >= 0.3 is 0 Å². The maximum absolute atomic E-state index is 13.1. The Kier molecular flexibility index (Phi) is 5.23. The lowest BCUT2D eigenvalue weighted by Gasteiger charge is -2.30. The van der Waals surface area contributed by atoms with E-state index in [0.29, 0.717) is 43.3 Å². The molecule has 8 nitrogen and oxygen atoms in total. The zero-order chi connectivity index (χ0) is 21.4. The number of carbonyl (C=O) groups excluding carboxylic acids is 2. The zero-order valence-corrected chi connectivity index (χ0v) is 17.5. The Morgan fingerprint density at radius 2 is 2.13 bits per heavy atom. The Hall–Kier alpha value is -3.13. The summed E-state index contributed by atoms with van der Waals surface area (Å²) in [5, 5.41) is 3.01. The van der Waals surface area contributed by atoms with Gasteiger partial charge in [0, 0.05) is 43.7 Å². The number of rotatable bonds is 4. The van der Waals surface area contributed by atoms with Crippen molar-refractivity contribution in [2.24, 2.45) is 0 Å². The van der Waals surface area contributed by atoms with Gasteiger partial charge in [-0.1, -0.05) is 0 Å². The van der Waals surface area contributed by atoms with E-state index in [1.54, 1.807) is 18.2 Å². The first kappa shape index (κ1) is 19.8. The van der Waals surface area contributed by atoms with Crippen LogP contribution in [0, 0.1) is 6.92 Å². The van der Waals surface area contributed by atoms with Crippen LogP contribution in [0.1, 0.15) is 45.6 Å². The predicted molar refractivity (Wildman–Crippen MR) is 111 cm³/mol. The molecular formula is C23H25N3O5. The van der Waals surface area contributed by atoms with Gasteiger partial charge in [-0.05, 0) is 61.1 Å². The molecule has 1 N–H and O–H groups in total. The average molecular weight is 423 g/mol. The summed E-state index contributed by atoms with van der Waals surface area (Å²) in [5.41, 5.74) is 4.72. The SMILES string of the molecule is Cc1ncc2c(c1CNC(=O)C1CCCO1)CCN(C(=O)c1ccc3c(c1)OCO3)C2. The second kappa shape index (κ2) is 8.19. The molecule has 1 fully saturated rings. The molecule has 1 aromatic heterocycles. The molecular weight excluding hydrogens is 398 g/mol. The molecule has 2 amide bonds. The highest BCUT2D eigenvalue weighted by Crippen LogP contribution is 2.33. The van der Waals surface area contributed by atoms with Crippen molar-refractivity contribution in [3.05, 3.63) is 52.3 Å². The molecule has 1 atom stereocenters. The van der Waals surface area contributed by atoms with E-state index in [4.69, 9.17) is 14.2 Å². The second-order valence-corrected chi connectivity index (χ2v) is 8.09. The summed E-state index contributed by atoms with van der Waals surface area (Å²) >= 11 is 0. The van der Waals surface area contributed by atoms with Crippen molar-refractivity contribution in [1.29, 1.82) is 0 Å². The molecule has 1 saturated heterocycles. The van der Waals surface area contributed by atoms with E-state index >= 15 is 0 Å². The van der Waals surface area contributed by atoms with Crippen LogP contribution in [0.5, 0.6) is 11.5 Å². The first-order chi connectivity index (χ1) is 15.1. The maximum Gasteiger partial charge on any atom is 0.254 e. The summed E-state index contributed by atoms with van der Waals surface area (Å²) in [4.78, 5) is 31.8. The molecule has 0 radical (unpaired) electrons. The van der Waals surface area contributed by atoms with Crippen LogP contribution >= 0.6 is 0 Å². The summed E-state index contributed by atoms with van der Waals surface area (Å²) in [5.74, 6) is 1.16. The smallest absolute Gasteiger partial charge is 0.254 e. The Morgan fingerprint density at radius 1 is 1.26 bits per heavy atom. The van der Waals surface area contributed by atoms with Crippen LogP contribution in [0.4, 0.5) is 0 Å². The van der Waals surface area contributed by atoms with Gasteiger partial charge in [0.05, 0.1) is 0 Å². The normalized spacial score (nSPS) is 19.3. The highest BCUT2D eigenvalue weighted by molar-refractivity contribution is 5.95. The van der Waals surface area contributed by atoms with Crippen LogP contribution in [0.25, 0.3) is 0 Å². The fourth-order valence-electron chi connectivity index (χ4n) is 4.42. The van der Waals surface area contributed by atoms with Crippen molar-refractivity contribution in [2.75, 3.05) is 19.9 Å². The topological polar surface area (TPSA) is 90.0 Å². The fourth-order valence-corrected chi connectivity index (χ4v) is 4.42. The van der Waals surface area contributed by atoms with E-state index in [1.165, 1.54) is 5.56 Å². The highest BCUT2D eigenvalue weighted by Gasteiger charge is 2.27. The van der Waals surface area contributed by atoms with Crippen molar-refractivity contribution in [1.82, 2.24) is 15.2 Å². The van der Waals surface area contributed by atoms with Crippen LogP contribution in [0.3, 0.4) is 0 Å². The summed E-state index contributed by atoms with van der Waals surface area (Å²) in [6, 6.07) is 5.28. The third-order valence-corrected chi connectivity index (χ3v) is 6.16. The van der Waals surface area contributed by atoms with Crippen LogP contribution in [-0.4, -0.2) is 47.7 Å². The van der Waals surface area contributed by atoms with Crippen molar-refractivity contribution in [3.63, 3.8) is 0 Å². The molecule has 8 heteroatoms. The zero-order valence-electron chi connectivity index (χ0n) is 17.5. The molecule has 3 aliphatic rings. The minimum Gasteiger partial charge on any atom is -0.454 e. The number of nitrogens with zero attached hydrogens (tertiary/aromatic N) is 2. The number of carbonyl (C=O) groups is 2. The summed E-state index contributed by atoms with van der Waals surface area (Å²) in [6.45, 7) is 4.31. The number of aromatic nitrogens is 1. The van der Waals surface area contributed by atoms with Gasteiger partial charge < -0.3 is 24.4 Å².